The zero-order valence-electron chi connectivity index (χ0n) is 16.2. The molecule has 0 atom stereocenters. The number of halogens is 2. The summed E-state index contributed by atoms with van der Waals surface area (Å²) in [6, 6.07) is 13.1. The first-order chi connectivity index (χ1) is 14.0. The Balaban J connectivity index is 1.67. The smallest absolute Gasteiger partial charge is 0.223 e. The molecule has 29 heavy (non-hydrogen) atoms. The van der Waals surface area contributed by atoms with E-state index in [0.717, 1.165) is 11.5 Å². The van der Waals surface area contributed by atoms with Gasteiger partial charge in [0.25, 0.3) is 0 Å². The quantitative estimate of drug-likeness (QED) is 0.536. The molecule has 0 aliphatic heterocycles. The van der Waals surface area contributed by atoms with Crippen LogP contribution in [0.15, 0.2) is 59.5 Å². The van der Waals surface area contributed by atoms with Gasteiger partial charge in [-0.25, -0.2) is 4.39 Å². The van der Waals surface area contributed by atoms with Gasteiger partial charge in [-0.3, -0.25) is 4.79 Å². The molecule has 7 heteroatoms. The molecule has 0 spiro atoms. The third kappa shape index (κ3) is 5.09. The van der Waals surface area contributed by atoms with Crippen molar-refractivity contribution in [1.29, 1.82) is 0 Å². The Labute approximate surface area is 173 Å². The first-order valence-corrected chi connectivity index (χ1v) is 9.40. The van der Waals surface area contributed by atoms with Gasteiger partial charge in [-0.15, -0.1) is 0 Å². The Hall–Kier alpha value is -2.99. The van der Waals surface area contributed by atoms with E-state index in [-0.39, 0.29) is 28.4 Å². The van der Waals surface area contributed by atoms with Gasteiger partial charge in [0, 0.05) is 17.8 Å². The molecule has 0 saturated carbocycles. The van der Waals surface area contributed by atoms with Gasteiger partial charge in [-0.1, -0.05) is 17.7 Å². The van der Waals surface area contributed by atoms with Gasteiger partial charge in [0.2, 0.25) is 5.43 Å². The van der Waals surface area contributed by atoms with Crippen LogP contribution < -0.4 is 19.6 Å². The highest BCUT2D eigenvalue weighted by atomic mass is 35.5. The molecule has 1 aromatic heterocycles. The molecule has 152 valence electrons. The Bertz CT molecular complexity index is 1010. The number of hydrogen-bond donors (Lipinski definition) is 0. The van der Waals surface area contributed by atoms with E-state index in [0.29, 0.717) is 18.8 Å². The SMILES string of the molecule is COc1ccc(OCCn2ccc(=O)c(OCc3c(F)cccc3Cl)c2C)cc1. The van der Waals surface area contributed by atoms with Gasteiger partial charge in [-0.05, 0) is 43.3 Å². The molecular weight excluding hydrogens is 397 g/mol. The molecule has 0 bridgehead atoms. The molecule has 0 amide bonds. The van der Waals surface area contributed by atoms with Crippen LogP contribution in [-0.2, 0) is 13.2 Å². The maximum atomic E-state index is 13.9. The normalized spacial score (nSPS) is 10.6. The first-order valence-electron chi connectivity index (χ1n) is 9.02. The molecule has 0 radical (unpaired) electrons. The van der Waals surface area contributed by atoms with Gasteiger partial charge in [0.1, 0.15) is 30.5 Å². The molecule has 0 unspecified atom stereocenters. The molecule has 3 rings (SSSR count). The van der Waals surface area contributed by atoms with Crippen molar-refractivity contribution in [2.75, 3.05) is 13.7 Å². The highest BCUT2D eigenvalue weighted by molar-refractivity contribution is 6.31. The summed E-state index contributed by atoms with van der Waals surface area (Å²) in [5, 5.41) is 0.256. The number of methoxy groups -OCH3 is 1. The number of aromatic nitrogens is 1. The molecule has 2 aromatic carbocycles. The fourth-order valence-electron chi connectivity index (χ4n) is 2.82. The molecule has 0 aliphatic rings. The summed E-state index contributed by atoms with van der Waals surface area (Å²) >= 11 is 6.02. The van der Waals surface area contributed by atoms with E-state index in [1.807, 2.05) is 28.8 Å². The zero-order chi connectivity index (χ0) is 20.8. The molecule has 3 aromatic rings. The first kappa shape index (κ1) is 20.7. The highest BCUT2D eigenvalue weighted by Gasteiger charge is 2.12. The van der Waals surface area contributed by atoms with E-state index in [1.165, 1.54) is 18.2 Å². The van der Waals surface area contributed by atoms with Crippen molar-refractivity contribution < 1.29 is 18.6 Å². The van der Waals surface area contributed by atoms with E-state index >= 15 is 0 Å². The molecule has 0 saturated heterocycles. The molecule has 0 aliphatic carbocycles. The van der Waals surface area contributed by atoms with E-state index in [2.05, 4.69) is 0 Å². The fourth-order valence-corrected chi connectivity index (χ4v) is 3.04. The lowest BCUT2D eigenvalue weighted by Crippen LogP contribution is -2.17. The number of hydrogen-bond acceptors (Lipinski definition) is 4. The number of benzene rings is 2. The van der Waals surface area contributed by atoms with Gasteiger partial charge >= 0.3 is 0 Å². The lowest BCUT2D eigenvalue weighted by atomic mass is 10.2. The third-order valence-corrected chi connectivity index (χ3v) is 4.83. The van der Waals surface area contributed by atoms with Crippen LogP contribution in [0.3, 0.4) is 0 Å². The second kappa shape index (κ2) is 9.47. The number of pyridine rings is 1. The fraction of sp³-hybridized carbons (Fsp3) is 0.227. The van der Waals surface area contributed by atoms with Crippen LogP contribution in [0, 0.1) is 12.7 Å². The van der Waals surface area contributed by atoms with Crippen molar-refractivity contribution in [3.8, 4) is 17.2 Å². The van der Waals surface area contributed by atoms with Crippen LogP contribution in [0.4, 0.5) is 4.39 Å². The van der Waals surface area contributed by atoms with Crippen LogP contribution in [0.5, 0.6) is 17.2 Å². The van der Waals surface area contributed by atoms with Crippen LogP contribution >= 0.6 is 11.6 Å². The minimum atomic E-state index is -0.473. The molecule has 5 nitrogen and oxygen atoms in total. The maximum Gasteiger partial charge on any atom is 0.223 e. The van der Waals surface area contributed by atoms with Crippen molar-refractivity contribution >= 4 is 11.6 Å². The maximum absolute atomic E-state index is 13.9. The summed E-state index contributed by atoms with van der Waals surface area (Å²) in [6.07, 6.45) is 1.68. The lowest BCUT2D eigenvalue weighted by molar-refractivity contribution is 0.280. The van der Waals surface area contributed by atoms with E-state index in [9.17, 15) is 9.18 Å². The summed E-state index contributed by atoms with van der Waals surface area (Å²) in [5.41, 5.74) is 0.566. The van der Waals surface area contributed by atoms with Crippen LogP contribution in [0.2, 0.25) is 5.02 Å². The van der Waals surface area contributed by atoms with Crippen LogP contribution in [0.1, 0.15) is 11.3 Å². The van der Waals surface area contributed by atoms with Crippen molar-refractivity contribution in [3.63, 3.8) is 0 Å². The zero-order valence-corrected chi connectivity index (χ0v) is 16.9. The molecule has 1 heterocycles. The standard InChI is InChI=1S/C22H21ClFNO4/c1-15-22(29-14-18-19(23)4-3-5-20(18)24)21(26)10-11-25(15)12-13-28-17-8-6-16(27-2)7-9-17/h3-11H,12-14H2,1-2H3. The average Bonchev–Trinajstić information content (AvgIpc) is 2.72. The summed E-state index contributed by atoms with van der Waals surface area (Å²) in [6.45, 7) is 2.55. The summed E-state index contributed by atoms with van der Waals surface area (Å²) in [4.78, 5) is 12.2. The largest absolute Gasteiger partial charge is 0.497 e. The lowest BCUT2D eigenvalue weighted by Gasteiger charge is -2.16. The second-order valence-corrected chi connectivity index (χ2v) is 6.71. The highest BCUT2D eigenvalue weighted by Crippen LogP contribution is 2.22. The predicted molar refractivity (Wildman–Crippen MR) is 110 cm³/mol. The third-order valence-electron chi connectivity index (χ3n) is 4.47. The average molecular weight is 418 g/mol. The Morgan fingerprint density at radius 1 is 1.03 bits per heavy atom. The number of nitrogens with zero attached hydrogens (tertiary/aromatic N) is 1. The van der Waals surface area contributed by atoms with Crippen molar-refractivity contribution in [1.82, 2.24) is 4.57 Å². The van der Waals surface area contributed by atoms with E-state index < -0.39 is 5.82 Å². The van der Waals surface area contributed by atoms with E-state index in [1.54, 1.807) is 26.3 Å². The van der Waals surface area contributed by atoms with Gasteiger partial charge < -0.3 is 18.8 Å². The summed E-state index contributed by atoms with van der Waals surface area (Å²) < 4.78 is 32.3. The minimum absolute atomic E-state index is 0.131. The van der Waals surface area contributed by atoms with Gasteiger partial charge in [0.05, 0.1) is 24.4 Å². The topological polar surface area (TPSA) is 49.7 Å². The minimum Gasteiger partial charge on any atom is -0.497 e. The van der Waals surface area contributed by atoms with Crippen LogP contribution in [0.25, 0.3) is 0 Å². The Kier molecular flexibility index (Phi) is 6.77. The second-order valence-electron chi connectivity index (χ2n) is 6.30. The van der Waals surface area contributed by atoms with Crippen LogP contribution in [-0.4, -0.2) is 18.3 Å². The summed E-state index contributed by atoms with van der Waals surface area (Å²) in [5.74, 6) is 1.16. The summed E-state index contributed by atoms with van der Waals surface area (Å²) in [7, 11) is 1.61. The number of ether oxygens (including phenoxy) is 3. The predicted octanol–water partition coefficient (Wildman–Crippen LogP) is 4.62. The molecule has 0 fully saturated rings. The van der Waals surface area contributed by atoms with Crippen molar-refractivity contribution in [3.05, 3.63) is 87.0 Å². The molecule has 0 N–H and O–H groups in total. The Morgan fingerprint density at radius 3 is 2.45 bits per heavy atom. The molecular formula is C22H21ClFNO4. The van der Waals surface area contributed by atoms with Gasteiger partial charge in [-0.2, -0.15) is 0 Å². The number of rotatable bonds is 8. The monoisotopic (exact) mass is 417 g/mol. The van der Waals surface area contributed by atoms with Gasteiger partial charge in [0.15, 0.2) is 5.75 Å². The Morgan fingerprint density at radius 2 is 1.76 bits per heavy atom. The van der Waals surface area contributed by atoms with Crippen molar-refractivity contribution in [2.45, 2.75) is 20.1 Å². The van der Waals surface area contributed by atoms with E-state index in [4.69, 9.17) is 25.8 Å². The van der Waals surface area contributed by atoms with Crippen molar-refractivity contribution in [2.24, 2.45) is 0 Å².